The van der Waals surface area contributed by atoms with Crippen LogP contribution in [0.15, 0.2) is 42.6 Å². The first-order chi connectivity index (χ1) is 9.58. The predicted molar refractivity (Wildman–Crippen MR) is 80.3 cm³/mol. The van der Waals surface area contributed by atoms with Crippen LogP contribution in [0.5, 0.6) is 0 Å². The fourth-order valence-electron chi connectivity index (χ4n) is 2.07. The number of hydrogen-bond donors (Lipinski definition) is 0. The lowest BCUT2D eigenvalue weighted by molar-refractivity contribution is 0.246. The molecule has 0 saturated carbocycles. The van der Waals surface area contributed by atoms with Crippen LogP contribution in [0.1, 0.15) is 18.2 Å². The molecule has 0 bridgehead atoms. The van der Waals surface area contributed by atoms with Crippen molar-refractivity contribution < 1.29 is 4.39 Å². The van der Waals surface area contributed by atoms with Crippen molar-refractivity contribution in [2.75, 3.05) is 7.05 Å². The summed E-state index contributed by atoms with van der Waals surface area (Å²) in [6, 6.07) is 11.1. The molecular formula is C16H18ClFN2. The summed E-state index contributed by atoms with van der Waals surface area (Å²) in [6.07, 6.45) is 2.65. The predicted octanol–water partition coefficient (Wildman–Crippen LogP) is 3.94. The molecule has 2 rings (SSSR count). The highest BCUT2D eigenvalue weighted by atomic mass is 35.5. The molecule has 1 heterocycles. The lowest BCUT2D eigenvalue weighted by Crippen LogP contribution is -2.30. The number of rotatable bonds is 5. The van der Waals surface area contributed by atoms with Gasteiger partial charge in [0.15, 0.2) is 0 Å². The zero-order valence-corrected chi connectivity index (χ0v) is 12.4. The highest BCUT2D eigenvalue weighted by Gasteiger charge is 2.13. The summed E-state index contributed by atoms with van der Waals surface area (Å²) in [7, 11) is 2.01. The van der Waals surface area contributed by atoms with Crippen LogP contribution in [0.2, 0.25) is 5.02 Å². The minimum Gasteiger partial charge on any atom is -0.299 e. The molecule has 0 fully saturated rings. The first-order valence-electron chi connectivity index (χ1n) is 6.61. The molecule has 1 atom stereocenters. The SMILES string of the molecule is CC(Cc1ccccn1)N(C)Cc1cccc(F)c1Cl. The molecule has 4 heteroatoms. The van der Waals surface area contributed by atoms with Crippen LogP contribution in [0.4, 0.5) is 4.39 Å². The third-order valence-electron chi connectivity index (χ3n) is 3.43. The van der Waals surface area contributed by atoms with E-state index in [4.69, 9.17) is 11.6 Å². The molecule has 2 aromatic rings. The molecule has 0 spiro atoms. The standard InChI is InChI=1S/C16H18ClFN2/c1-12(10-14-7-3-4-9-19-14)20(2)11-13-6-5-8-15(18)16(13)17/h3-9,12H,10-11H2,1-2H3. The summed E-state index contributed by atoms with van der Waals surface area (Å²) in [5.41, 5.74) is 1.86. The lowest BCUT2D eigenvalue weighted by atomic mass is 10.1. The largest absolute Gasteiger partial charge is 0.299 e. The maximum atomic E-state index is 13.4. The molecule has 1 aromatic carbocycles. The van der Waals surface area contributed by atoms with E-state index in [2.05, 4.69) is 16.8 Å². The number of aromatic nitrogens is 1. The van der Waals surface area contributed by atoms with Crippen LogP contribution >= 0.6 is 11.6 Å². The molecule has 1 aromatic heterocycles. The Morgan fingerprint density at radius 1 is 1.25 bits per heavy atom. The van der Waals surface area contributed by atoms with Crippen molar-refractivity contribution in [2.45, 2.75) is 25.9 Å². The fourth-order valence-corrected chi connectivity index (χ4v) is 2.26. The van der Waals surface area contributed by atoms with Crippen LogP contribution < -0.4 is 0 Å². The van der Waals surface area contributed by atoms with Gasteiger partial charge in [0.1, 0.15) is 5.82 Å². The molecule has 0 saturated heterocycles. The van der Waals surface area contributed by atoms with Crippen LogP contribution in [0.25, 0.3) is 0 Å². The molecule has 106 valence electrons. The highest BCUT2D eigenvalue weighted by Crippen LogP contribution is 2.21. The molecule has 2 nitrogen and oxygen atoms in total. The molecule has 0 aliphatic carbocycles. The van der Waals surface area contributed by atoms with E-state index in [1.165, 1.54) is 6.07 Å². The molecular weight excluding hydrogens is 275 g/mol. The van der Waals surface area contributed by atoms with Gasteiger partial charge < -0.3 is 0 Å². The van der Waals surface area contributed by atoms with Gasteiger partial charge in [-0.25, -0.2) is 4.39 Å². The zero-order chi connectivity index (χ0) is 14.5. The summed E-state index contributed by atoms with van der Waals surface area (Å²) in [5.74, 6) is -0.366. The molecule has 0 aliphatic heterocycles. The smallest absolute Gasteiger partial charge is 0.142 e. The summed E-state index contributed by atoms with van der Waals surface area (Å²) in [6.45, 7) is 2.74. The Bertz CT molecular complexity index is 560. The van der Waals surface area contributed by atoms with Gasteiger partial charge >= 0.3 is 0 Å². The first kappa shape index (κ1) is 14.9. The first-order valence-corrected chi connectivity index (χ1v) is 6.98. The van der Waals surface area contributed by atoms with E-state index in [-0.39, 0.29) is 10.8 Å². The maximum Gasteiger partial charge on any atom is 0.142 e. The Hall–Kier alpha value is -1.45. The van der Waals surface area contributed by atoms with Crippen molar-refractivity contribution in [3.05, 3.63) is 64.7 Å². The van der Waals surface area contributed by atoms with E-state index in [9.17, 15) is 4.39 Å². The lowest BCUT2D eigenvalue weighted by Gasteiger charge is -2.25. The number of halogens is 2. The van der Waals surface area contributed by atoms with E-state index in [1.54, 1.807) is 12.3 Å². The maximum absolute atomic E-state index is 13.4. The van der Waals surface area contributed by atoms with Crippen LogP contribution in [0, 0.1) is 5.82 Å². The van der Waals surface area contributed by atoms with E-state index in [1.807, 2.05) is 31.3 Å². The number of benzene rings is 1. The van der Waals surface area contributed by atoms with Gasteiger partial charge in [0.2, 0.25) is 0 Å². The van der Waals surface area contributed by atoms with Gasteiger partial charge in [-0.2, -0.15) is 0 Å². The summed E-state index contributed by atoms with van der Waals surface area (Å²) < 4.78 is 13.4. The number of likely N-dealkylation sites (N-methyl/N-ethyl adjacent to an activating group) is 1. The number of nitrogens with zero attached hydrogens (tertiary/aromatic N) is 2. The van der Waals surface area contributed by atoms with E-state index < -0.39 is 0 Å². The van der Waals surface area contributed by atoms with Crippen LogP contribution in [-0.4, -0.2) is 23.0 Å². The van der Waals surface area contributed by atoms with Gasteiger partial charge in [0.05, 0.1) is 5.02 Å². The monoisotopic (exact) mass is 292 g/mol. The Labute approximate surface area is 124 Å². The third-order valence-corrected chi connectivity index (χ3v) is 3.86. The van der Waals surface area contributed by atoms with Crippen molar-refractivity contribution in [1.82, 2.24) is 9.88 Å². The number of hydrogen-bond acceptors (Lipinski definition) is 2. The van der Waals surface area contributed by atoms with Gasteiger partial charge in [0, 0.05) is 30.9 Å². The second-order valence-corrected chi connectivity index (χ2v) is 5.38. The average Bonchev–Trinajstić information content (AvgIpc) is 2.45. The van der Waals surface area contributed by atoms with Crippen LogP contribution in [-0.2, 0) is 13.0 Å². The Morgan fingerprint density at radius 3 is 2.75 bits per heavy atom. The summed E-state index contributed by atoms with van der Waals surface area (Å²) in [5, 5.41) is 0.212. The summed E-state index contributed by atoms with van der Waals surface area (Å²) >= 11 is 5.99. The van der Waals surface area contributed by atoms with Crippen molar-refractivity contribution in [1.29, 1.82) is 0 Å². The highest BCUT2D eigenvalue weighted by molar-refractivity contribution is 6.31. The quantitative estimate of drug-likeness (QED) is 0.830. The van der Waals surface area contributed by atoms with Crippen molar-refractivity contribution >= 4 is 11.6 Å². The molecule has 0 radical (unpaired) electrons. The Kier molecular flexibility index (Phi) is 5.10. The van der Waals surface area contributed by atoms with Crippen molar-refractivity contribution in [2.24, 2.45) is 0 Å². The minimum atomic E-state index is -0.366. The van der Waals surface area contributed by atoms with Gasteiger partial charge in [0.25, 0.3) is 0 Å². The van der Waals surface area contributed by atoms with Crippen molar-refractivity contribution in [3.63, 3.8) is 0 Å². The van der Waals surface area contributed by atoms with E-state index in [0.717, 1.165) is 17.7 Å². The zero-order valence-electron chi connectivity index (χ0n) is 11.7. The van der Waals surface area contributed by atoms with E-state index in [0.29, 0.717) is 12.6 Å². The van der Waals surface area contributed by atoms with Crippen molar-refractivity contribution in [3.8, 4) is 0 Å². The second kappa shape index (κ2) is 6.82. The second-order valence-electron chi connectivity index (χ2n) is 5.00. The average molecular weight is 293 g/mol. The van der Waals surface area contributed by atoms with Crippen LogP contribution in [0.3, 0.4) is 0 Å². The van der Waals surface area contributed by atoms with E-state index >= 15 is 0 Å². The minimum absolute atomic E-state index is 0.212. The number of pyridine rings is 1. The van der Waals surface area contributed by atoms with Gasteiger partial charge in [-0.05, 0) is 37.7 Å². The van der Waals surface area contributed by atoms with Gasteiger partial charge in [-0.15, -0.1) is 0 Å². The molecule has 20 heavy (non-hydrogen) atoms. The topological polar surface area (TPSA) is 16.1 Å². The molecule has 0 amide bonds. The van der Waals surface area contributed by atoms with Gasteiger partial charge in [-0.1, -0.05) is 29.8 Å². The molecule has 1 unspecified atom stereocenters. The Balaban J connectivity index is 2.01. The normalized spacial score (nSPS) is 12.7. The fraction of sp³-hybridized carbons (Fsp3) is 0.312. The molecule has 0 N–H and O–H groups in total. The summed E-state index contributed by atoms with van der Waals surface area (Å²) in [4.78, 5) is 6.48. The Morgan fingerprint density at radius 2 is 2.05 bits per heavy atom. The third kappa shape index (κ3) is 3.78. The van der Waals surface area contributed by atoms with Gasteiger partial charge in [-0.3, -0.25) is 9.88 Å². The molecule has 0 aliphatic rings.